The van der Waals surface area contributed by atoms with E-state index in [9.17, 15) is 8.78 Å². The van der Waals surface area contributed by atoms with Crippen molar-refractivity contribution in [3.05, 3.63) is 105 Å². The Morgan fingerprint density at radius 2 is 1.49 bits per heavy atom. The van der Waals surface area contributed by atoms with Crippen molar-refractivity contribution in [3.8, 4) is 6.07 Å². The van der Waals surface area contributed by atoms with Crippen molar-refractivity contribution in [3.63, 3.8) is 0 Å². The molecule has 0 N–H and O–H groups in total. The first-order valence-electron chi connectivity index (χ1n) is 15.3. The van der Waals surface area contributed by atoms with Crippen molar-refractivity contribution in [2.75, 3.05) is 0 Å². The van der Waals surface area contributed by atoms with Crippen LogP contribution < -0.4 is 0 Å². The Morgan fingerprint density at radius 1 is 0.805 bits per heavy atom. The molecule has 0 radical (unpaired) electrons. The second-order valence-electron chi connectivity index (χ2n) is 12.1. The van der Waals surface area contributed by atoms with E-state index in [2.05, 4.69) is 13.0 Å². The van der Waals surface area contributed by atoms with E-state index in [1.807, 2.05) is 24.3 Å². The Hall–Kier alpha value is -3.13. The molecule has 0 bridgehead atoms. The van der Waals surface area contributed by atoms with E-state index in [1.54, 1.807) is 0 Å². The highest BCUT2D eigenvalue weighted by atomic mass is 19.1. The van der Waals surface area contributed by atoms with Gasteiger partial charge in [0, 0.05) is 11.1 Å². The van der Waals surface area contributed by atoms with Crippen molar-refractivity contribution >= 4 is 0 Å². The van der Waals surface area contributed by atoms with Crippen molar-refractivity contribution < 1.29 is 17.6 Å². The van der Waals surface area contributed by atoms with Crippen LogP contribution in [0.5, 0.6) is 0 Å². The third-order valence-electron chi connectivity index (χ3n) is 9.48. The molecule has 0 aliphatic heterocycles. The summed E-state index contributed by atoms with van der Waals surface area (Å²) in [5.41, 5.74) is 4.21. The normalized spacial score (nSPS) is 20.4. The largest absolute Gasteiger partial charge is 0.207 e. The summed E-state index contributed by atoms with van der Waals surface area (Å²) in [6.45, 7) is 2.10. The number of benzene rings is 3. The number of nitriles is 1. The highest BCUT2D eigenvalue weighted by Crippen LogP contribution is 2.44. The number of hydrogen-bond acceptors (Lipinski definition) is 1. The molecule has 5 heteroatoms. The zero-order chi connectivity index (χ0) is 28.9. The smallest absolute Gasteiger partial charge is 0.133 e. The summed E-state index contributed by atoms with van der Waals surface area (Å²) in [5, 5.41) is 9.03. The maximum Gasteiger partial charge on any atom is 0.133 e. The molecule has 3 aromatic carbocycles. The van der Waals surface area contributed by atoms with Crippen LogP contribution in [0.1, 0.15) is 115 Å². The highest BCUT2D eigenvalue weighted by Gasteiger charge is 2.31. The fourth-order valence-corrected chi connectivity index (χ4v) is 7.07. The molecule has 0 aromatic heterocycles. The van der Waals surface area contributed by atoms with Crippen LogP contribution in [0.4, 0.5) is 17.6 Å². The molecule has 0 heterocycles. The van der Waals surface area contributed by atoms with Gasteiger partial charge in [0.25, 0.3) is 0 Å². The summed E-state index contributed by atoms with van der Waals surface area (Å²) in [7, 11) is 0. The summed E-state index contributed by atoms with van der Waals surface area (Å²) >= 11 is 0. The van der Waals surface area contributed by atoms with Crippen LogP contribution in [-0.2, 0) is 25.7 Å². The van der Waals surface area contributed by atoms with E-state index in [0.717, 1.165) is 51.4 Å². The molecule has 1 saturated carbocycles. The molecular formula is C36H39F4N. The third-order valence-corrected chi connectivity index (χ3v) is 9.48. The quantitative estimate of drug-likeness (QED) is 0.188. The minimum Gasteiger partial charge on any atom is -0.207 e. The number of halogens is 4. The molecule has 1 atom stereocenters. The van der Waals surface area contributed by atoms with E-state index >= 15 is 8.78 Å². The SMILES string of the molecule is CCCCCc1cc(F)c(CCC2CCc3c(cc(F)c(C4CCC(c5ccc(C#N)cc5)CC4)c3F)C2)c(F)c1. The van der Waals surface area contributed by atoms with Gasteiger partial charge in [-0.25, -0.2) is 17.6 Å². The lowest BCUT2D eigenvalue weighted by Gasteiger charge is -2.31. The van der Waals surface area contributed by atoms with Gasteiger partial charge in [-0.15, -0.1) is 0 Å². The van der Waals surface area contributed by atoms with Gasteiger partial charge in [-0.05, 0) is 141 Å². The van der Waals surface area contributed by atoms with Gasteiger partial charge in [0.2, 0.25) is 0 Å². The average Bonchev–Trinajstić information content (AvgIpc) is 2.97. The van der Waals surface area contributed by atoms with E-state index in [-0.39, 0.29) is 28.8 Å². The molecule has 1 nitrogen and oxygen atoms in total. The first-order chi connectivity index (χ1) is 19.9. The Morgan fingerprint density at radius 3 is 2.15 bits per heavy atom. The van der Waals surface area contributed by atoms with Gasteiger partial charge in [-0.1, -0.05) is 31.9 Å². The van der Waals surface area contributed by atoms with Crippen molar-refractivity contribution in [1.82, 2.24) is 0 Å². The molecule has 0 spiro atoms. The second kappa shape index (κ2) is 13.2. The minimum atomic E-state index is -0.483. The number of aryl methyl sites for hydroxylation is 1. The summed E-state index contributed by atoms with van der Waals surface area (Å²) in [5.74, 6) is -1.46. The summed E-state index contributed by atoms with van der Waals surface area (Å²) in [6, 6.07) is 14.2. The van der Waals surface area contributed by atoms with Gasteiger partial charge in [-0.3, -0.25) is 0 Å². The Balaban J connectivity index is 1.21. The molecule has 41 heavy (non-hydrogen) atoms. The number of hydrogen-bond donors (Lipinski definition) is 0. The van der Waals surface area contributed by atoms with Crippen molar-refractivity contribution in [2.24, 2.45) is 5.92 Å². The average molecular weight is 562 g/mol. The Kier molecular flexibility index (Phi) is 9.48. The predicted molar refractivity (Wildman–Crippen MR) is 155 cm³/mol. The van der Waals surface area contributed by atoms with Crippen molar-refractivity contribution in [1.29, 1.82) is 5.26 Å². The Labute approximate surface area is 241 Å². The van der Waals surface area contributed by atoms with Crippen LogP contribution in [-0.4, -0.2) is 0 Å². The zero-order valence-corrected chi connectivity index (χ0v) is 23.9. The first-order valence-corrected chi connectivity index (χ1v) is 15.3. The Bertz CT molecular complexity index is 1370. The van der Waals surface area contributed by atoms with Crippen molar-refractivity contribution in [2.45, 2.75) is 102 Å². The van der Waals surface area contributed by atoms with E-state index < -0.39 is 17.5 Å². The monoisotopic (exact) mass is 561 g/mol. The summed E-state index contributed by atoms with van der Waals surface area (Å²) < 4.78 is 60.6. The number of nitrogens with zero attached hydrogens (tertiary/aromatic N) is 1. The van der Waals surface area contributed by atoms with Crippen LogP contribution >= 0.6 is 0 Å². The van der Waals surface area contributed by atoms with Gasteiger partial charge >= 0.3 is 0 Å². The first kappa shape index (κ1) is 29.4. The number of rotatable bonds is 9. The van der Waals surface area contributed by atoms with Crippen LogP contribution in [0.25, 0.3) is 0 Å². The number of fused-ring (bicyclic) bond motifs is 1. The van der Waals surface area contributed by atoms with Crippen LogP contribution in [0.2, 0.25) is 0 Å². The van der Waals surface area contributed by atoms with Gasteiger partial charge < -0.3 is 0 Å². The molecule has 1 unspecified atom stereocenters. The van der Waals surface area contributed by atoms with Crippen LogP contribution in [0.3, 0.4) is 0 Å². The maximum absolute atomic E-state index is 15.8. The topological polar surface area (TPSA) is 23.8 Å². The zero-order valence-electron chi connectivity index (χ0n) is 23.9. The summed E-state index contributed by atoms with van der Waals surface area (Å²) in [4.78, 5) is 0. The third kappa shape index (κ3) is 6.69. The molecule has 5 rings (SSSR count). The minimum absolute atomic E-state index is 0.124. The highest BCUT2D eigenvalue weighted by molar-refractivity contribution is 5.40. The molecule has 0 amide bonds. The molecule has 0 saturated heterocycles. The van der Waals surface area contributed by atoms with Crippen LogP contribution in [0, 0.1) is 40.5 Å². The second-order valence-corrected chi connectivity index (χ2v) is 12.1. The lowest BCUT2D eigenvalue weighted by molar-refractivity contribution is 0.369. The molecule has 2 aliphatic carbocycles. The van der Waals surface area contributed by atoms with E-state index in [1.165, 1.54) is 23.8 Å². The van der Waals surface area contributed by atoms with E-state index in [4.69, 9.17) is 5.26 Å². The lowest BCUT2D eigenvalue weighted by atomic mass is 9.74. The molecule has 3 aromatic rings. The fourth-order valence-electron chi connectivity index (χ4n) is 7.07. The predicted octanol–water partition coefficient (Wildman–Crippen LogP) is 10.0. The van der Waals surface area contributed by atoms with Crippen LogP contribution in [0.15, 0.2) is 42.5 Å². The molecule has 1 fully saturated rings. The molecule has 216 valence electrons. The number of unbranched alkanes of at least 4 members (excludes halogenated alkanes) is 2. The van der Waals surface area contributed by atoms with E-state index in [0.29, 0.717) is 60.3 Å². The summed E-state index contributed by atoms with van der Waals surface area (Å²) in [6.07, 6.45) is 9.57. The van der Waals surface area contributed by atoms with Gasteiger partial charge in [0.15, 0.2) is 0 Å². The van der Waals surface area contributed by atoms with Gasteiger partial charge in [0.1, 0.15) is 23.3 Å². The fraction of sp³-hybridized carbons (Fsp3) is 0.472. The molecule has 2 aliphatic rings. The standard InChI is InChI=1S/C36H39F4N/c1-2-3-4-5-25-19-32(37)31(33(38)20-25)17-9-23-8-16-30-29(18-23)21-34(39)35(36(30)40)28-14-12-27(13-15-28)26-10-6-24(22-41)7-11-26/h6-7,10-11,19-21,23,27-28H,2-5,8-9,12-18H2,1H3. The lowest BCUT2D eigenvalue weighted by Crippen LogP contribution is -2.21. The molecular weight excluding hydrogens is 522 g/mol. The maximum atomic E-state index is 15.8. The van der Waals surface area contributed by atoms with Gasteiger partial charge in [-0.2, -0.15) is 5.26 Å². The van der Waals surface area contributed by atoms with Gasteiger partial charge in [0.05, 0.1) is 11.6 Å².